The van der Waals surface area contributed by atoms with Crippen molar-refractivity contribution in [1.29, 1.82) is 0 Å². The maximum Gasteiger partial charge on any atom is 0.264 e. The molecule has 1 N–H and O–H groups in total. The van der Waals surface area contributed by atoms with Crippen LogP contribution >= 0.6 is 11.8 Å². The molecule has 4 aromatic rings. The van der Waals surface area contributed by atoms with Crippen LogP contribution in [0.5, 0.6) is 11.5 Å². The van der Waals surface area contributed by atoms with Gasteiger partial charge in [-0.15, -0.1) is 0 Å². The number of hydrogen-bond donors (Lipinski definition) is 1. The highest BCUT2D eigenvalue weighted by atomic mass is 32.2. The molecule has 7 heteroatoms. The lowest BCUT2D eigenvalue weighted by Gasteiger charge is -2.43. The summed E-state index contributed by atoms with van der Waals surface area (Å²) in [6.07, 6.45) is 4.94. The van der Waals surface area contributed by atoms with Crippen molar-refractivity contribution in [2.45, 2.75) is 44.9 Å². The Balaban J connectivity index is 1.25. The molecule has 0 unspecified atom stereocenters. The van der Waals surface area contributed by atoms with E-state index in [4.69, 9.17) is 14.5 Å². The van der Waals surface area contributed by atoms with E-state index in [0.29, 0.717) is 46.6 Å². The van der Waals surface area contributed by atoms with E-state index >= 15 is 0 Å². The van der Waals surface area contributed by atoms with E-state index in [9.17, 15) is 4.79 Å². The van der Waals surface area contributed by atoms with Gasteiger partial charge >= 0.3 is 0 Å². The molecule has 234 valence electrons. The fraction of sp³-hybridized carbons (Fsp3) is 0.282. The minimum absolute atomic E-state index is 0.150. The van der Waals surface area contributed by atoms with Crippen molar-refractivity contribution in [2.75, 3.05) is 31.2 Å². The van der Waals surface area contributed by atoms with Gasteiger partial charge in [-0.1, -0.05) is 73.7 Å². The number of amides is 1. The van der Waals surface area contributed by atoms with Gasteiger partial charge in [0.2, 0.25) is 0 Å². The number of carbonyl (C=O) groups is 1. The Kier molecular flexibility index (Phi) is 8.84. The Bertz CT molecular complexity index is 1710. The summed E-state index contributed by atoms with van der Waals surface area (Å²) in [5, 5.41) is 3.61. The maximum absolute atomic E-state index is 13.1. The van der Waals surface area contributed by atoms with Crippen LogP contribution in [0, 0.1) is 0 Å². The lowest BCUT2D eigenvalue weighted by Crippen LogP contribution is -2.37. The van der Waals surface area contributed by atoms with Crippen molar-refractivity contribution in [3.8, 4) is 11.5 Å². The first-order valence-corrected chi connectivity index (χ1v) is 17.1. The monoisotopic (exact) mass is 629 g/mol. The lowest BCUT2D eigenvalue weighted by molar-refractivity contribution is -0.115. The molecule has 1 amide bonds. The van der Waals surface area contributed by atoms with E-state index in [0.717, 1.165) is 43.6 Å². The van der Waals surface area contributed by atoms with E-state index in [1.165, 1.54) is 39.7 Å². The predicted molar refractivity (Wildman–Crippen MR) is 189 cm³/mol. The molecule has 1 saturated heterocycles. The van der Waals surface area contributed by atoms with Crippen molar-refractivity contribution in [3.63, 3.8) is 0 Å². The van der Waals surface area contributed by atoms with Gasteiger partial charge in [0.1, 0.15) is 0 Å². The smallest absolute Gasteiger partial charge is 0.264 e. The molecule has 3 heterocycles. The van der Waals surface area contributed by atoms with Crippen molar-refractivity contribution >= 4 is 40.3 Å². The minimum atomic E-state index is -0.150. The number of aliphatic imine (C=N–C) groups is 1. The summed E-state index contributed by atoms with van der Waals surface area (Å²) in [4.78, 5) is 21.4. The van der Waals surface area contributed by atoms with E-state index < -0.39 is 0 Å². The highest BCUT2D eigenvalue weighted by Gasteiger charge is 2.35. The molecular formula is C39H39N3O3S. The van der Waals surface area contributed by atoms with Gasteiger partial charge in [-0.3, -0.25) is 4.79 Å². The van der Waals surface area contributed by atoms with Crippen LogP contribution in [0.1, 0.15) is 72.8 Å². The Morgan fingerprint density at radius 1 is 0.848 bits per heavy atom. The molecule has 0 saturated carbocycles. The quantitative estimate of drug-likeness (QED) is 0.188. The van der Waals surface area contributed by atoms with Crippen LogP contribution in [0.25, 0.3) is 6.08 Å². The summed E-state index contributed by atoms with van der Waals surface area (Å²) in [7, 11) is 0. The molecule has 3 aliphatic rings. The molecule has 0 aliphatic carbocycles. The number of anilines is 1. The van der Waals surface area contributed by atoms with Crippen molar-refractivity contribution in [2.24, 2.45) is 4.99 Å². The van der Waals surface area contributed by atoms with Crippen molar-refractivity contribution in [3.05, 3.63) is 124 Å². The third-order valence-corrected chi connectivity index (χ3v) is 9.82. The molecule has 2 atom stereocenters. The molecule has 3 aliphatic heterocycles. The summed E-state index contributed by atoms with van der Waals surface area (Å²) in [5.74, 6) is 1.84. The average molecular weight is 630 g/mol. The summed E-state index contributed by atoms with van der Waals surface area (Å²) in [6.45, 7) is 7.28. The topological polar surface area (TPSA) is 63.2 Å². The average Bonchev–Trinajstić information content (AvgIpc) is 3.43. The standard InChI is InChI=1S/C39H39N3O3S/c1-3-21-45-34-16-15-26(22-35(34)44-4-2)23-36-38(43)41-39(46-36)40-29-24-32-30(27-11-7-5-8-12-27)17-19-42-20-18-31(33(25-29)37(32)42)28-13-9-6-10-14-28/h5-16,22-25,30-31H,3-4,17-21H2,1-2H3,(H,40,41,43)/b36-23-/t30-,31-/m1/s1. The first-order chi connectivity index (χ1) is 22.6. The Hall–Kier alpha value is -4.49. The van der Waals surface area contributed by atoms with E-state index in [1.807, 2.05) is 31.2 Å². The van der Waals surface area contributed by atoms with Gasteiger partial charge in [-0.05, 0) is 96.1 Å². The predicted octanol–water partition coefficient (Wildman–Crippen LogP) is 8.64. The summed E-state index contributed by atoms with van der Waals surface area (Å²) in [6, 6.07) is 32.0. The summed E-state index contributed by atoms with van der Waals surface area (Å²) >= 11 is 1.37. The number of hydrogen-bond acceptors (Lipinski definition) is 6. The molecule has 46 heavy (non-hydrogen) atoms. The number of nitrogens with zero attached hydrogens (tertiary/aromatic N) is 2. The van der Waals surface area contributed by atoms with Crippen LogP contribution in [0.4, 0.5) is 11.4 Å². The van der Waals surface area contributed by atoms with Crippen molar-refractivity contribution < 1.29 is 14.3 Å². The Morgan fingerprint density at radius 2 is 1.50 bits per heavy atom. The number of thioether (sulfide) groups is 1. The third-order valence-electron chi connectivity index (χ3n) is 8.91. The van der Waals surface area contributed by atoms with Crippen LogP contribution < -0.4 is 19.7 Å². The summed E-state index contributed by atoms with van der Waals surface area (Å²) in [5.41, 5.74) is 8.44. The van der Waals surface area contributed by atoms with Crippen LogP contribution in [-0.4, -0.2) is 37.4 Å². The van der Waals surface area contributed by atoms with Crippen LogP contribution in [-0.2, 0) is 4.79 Å². The highest BCUT2D eigenvalue weighted by molar-refractivity contribution is 8.18. The maximum atomic E-state index is 13.1. The SMILES string of the molecule is CCCOc1ccc(/C=C2\SC(=Nc3cc4c5c(c3)[C@@H](c3ccccc3)CCN5CC[C@@H]4c3ccccc3)NC2=O)cc1OCC. The van der Waals surface area contributed by atoms with E-state index in [1.54, 1.807) is 0 Å². The lowest BCUT2D eigenvalue weighted by atomic mass is 9.76. The van der Waals surface area contributed by atoms with Gasteiger partial charge in [-0.25, -0.2) is 4.99 Å². The molecule has 0 radical (unpaired) electrons. The molecule has 0 spiro atoms. The third kappa shape index (κ3) is 6.16. The zero-order chi connectivity index (χ0) is 31.5. The van der Waals surface area contributed by atoms with Crippen molar-refractivity contribution in [1.82, 2.24) is 5.32 Å². The number of carbonyl (C=O) groups excluding carboxylic acids is 1. The van der Waals surface area contributed by atoms with Gasteiger partial charge < -0.3 is 19.7 Å². The summed E-state index contributed by atoms with van der Waals surface area (Å²) < 4.78 is 11.7. The zero-order valence-corrected chi connectivity index (χ0v) is 27.2. The first kappa shape index (κ1) is 30.2. The largest absolute Gasteiger partial charge is 0.490 e. The fourth-order valence-corrected chi connectivity index (χ4v) is 7.71. The van der Waals surface area contributed by atoms with Gasteiger partial charge in [0.05, 0.1) is 23.8 Å². The fourth-order valence-electron chi connectivity index (χ4n) is 6.87. The van der Waals surface area contributed by atoms with Crippen LogP contribution in [0.15, 0.2) is 101 Å². The molecule has 0 aromatic heterocycles. The number of rotatable bonds is 9. The number of amidine groups is 1. The second-order valence-corrected chi connectivity index (χ2v) is 13.0. The minimum Gasteiger partial charge on any atom is -0.490 e. The normalized spacial score (nSPS) is 20.5. The number of nitrogens with one attached hydrogen (secondary N) is 1. The Labute approximate surface area is 275 Å². The second kappa shape index (κ2) is 13.5. The Morgan fingerprint density at radius 3 is 2.11 bits per heavy atom. The van der Waals surface area contributed by atoms with Crippen LogP contribution in [0.3, 0.4) is 0 Å². The zero-order valence-electron chi connectivity index (χ0n) is 26.4. The van der Waals surface area contributed by atoms with E-state index in [-0.39, 0.29) is 5.91 Å². The van der Waals surface area contributed by atoms with Crippen LogP contribution in [0.2, 0.25) is 0 Å². The van der Waals surface area contributed by atoms with Gasteiger partial charge in [0.25, 0.3) is 5.91 Å². The van der Waals surface area contributed by atoms with E-state index in [2.05, 4.69) is 89.9 Å². The molecule has 7 rings (SSSR count). The number of ether oxygens (including phenoxy) is 2. The second-order valence-electron chi connectivity index (χ2n) is 11.9. The molecule has 0 bridgehead atoms. The first-order valence-electron chi connectivity index (χ1n) is 16.3. The number of benzene rings is 4. The molecule has 4 aromatic carbocycles. The molecule has 1 fully saturated rings. The molecular weight excluding hydrogens is 591 g/mol. The van der Waals surface area contributed by atoms with Gasteiger partial charge in [0.15, 0.2) is 16.7 Å². The van der Waals surface area contributed by atoms with Gasteiger partial charge in [0, 0.05) is 30.6 Å². The highest BCUT2D eigenvalue weighted by Crippen LogP contribution is 2.50. The molecule has 6 nitrogen and oxygen atoms in total. The van der Waals surface area contributed by atoms with Gasteiger partial charge in [-0.2, -0.15) is 0 Å².